The molecular formula is C22H22N14O5. The van der Waals surface area contributed by atoms with E-state index in [4.69, 9.17) is 20.9 Å². The summed E-state index contributed by atoms with van der Waals surface area (Å²) in [6.07, 6.45) is -1.50. The van der Waals surface area contributed by atoms with Crippen molar-refractivity contribution in [3.05, 3.63) is 29.3 Å². The van der Waals surface area contributed by atoms with Crippen LogP contribution < -0.4 is 17.0 Å². The van der Waals surface area contributed by atoms with E-state index in [1.807, 2.05) is 0 Å². The molecule has 7 heterocycles. The van der Waals surface area contributed by atoms with Gasteiger partial charge in [-0.25, -0.2) is 39.9 Å². The van der Waals surface area contributed by atoms with Crippen molar-refractivity contribution in [2.45, 2.75) is 49.0 Å². The van der Waals surface area contributed by atoms with Gasteiger partial charge >= 0.3 is 0 Å². The Kier molecular flexibility index (Phi) is 5.89. The summed E-state index contributed by atoms with van der Waals surface area (Å²) in [5.41, 5.74) is 12.1. The van der Waals surface area contributed by atoms with Gasteiger partial charge in [0.2, 0.25) is 5.95 Å². The van der Waals surface area contributed by atoms with Crippen molar-refractivity contribution in [1.82, 2.24) is 39.0 Å². The number of H-pyrrole nitrogens is 1. The van der Waals surface area contributed by atoms with Gasteiger partial charge in [-0.3, -0.25) is 18.9 Å². The number of ether oxygens (including phenoxy) is 2. The molecule has 2 unspecified atom stereocenters. The number of aliphatic hydroxyl groups excluding tert-OH is 2. The molecule has 0 aliphatic carbocycles. The number of aromatic amines is 1. The molecule has 19 heteroatoms. The predicted octanol–water partition coefficient (Wildman–Crippen LogP) is -2.26. The number of rotatable bonds is 2. The Morgan fingerprint density at radius 2 is 1.54 bits per heavy atom. The molecule has 3 aliphatic rings. The van der Waals surface area contributed by atoms with E-state index in [0.29, 0.717) is 11.2 Å². The molecule has 8 atom stereocenters. The second-order valence-corrected chi connectivity index (χ2v) is 9.59. The maximum absolute atomic E-state index is 12.2. The first kappa shape index (κ1) is 25.1. The van der Waals surface area contributed by atoms with Crippen LogP contribution in [0.5, 0.6) is 0 Å². The van der Waals surface area contributed by atoms with Crippen LogP contribution in [0.15, 0.2) is 43.7 Å². The van der Waals surface area contributed by atoms with Crippen molar-refractivity contribution in [2.75, 3.05) is 24.6 Å². The van der Waals surface area contributed by atoms with Gasteiger partial charge in [0.25, 0.3) is 5.56 Å². The molecule has 7 N–H and O–H groups in total. The van der Waals surface area contributed by atoms with E-state index in [9.17, 15) is 15.0 Å². The zero-order valence-electron chi connectivity index (χ0n) is 21.0. The van der Waals surface area contributed by atoms with E-state index in [2.05, 4.69) is 61.9 Å². The zero-order chi connectivity index (χ0) is 28.2. The number of hydrogen-bond donors (Lipinski definition) is 5. The van der Waals surface area contributed by atoms with E-state index in [1.54, 1.807) is 4.57 Å². The van der Waals surface area contributed by atoms with Crippen LogP contribution in [-0.4, -0.2) is 111 Å². The quantitative estimate of drug-likeness (QED) is 0.173. The summed E-state index contributed by atoms with van der Waals surface area (Å²) in [7, 11) is 0. The van der Waals surface area contributed by atoms with Gasteiger partial charge in [-0.2, -0.15) is 4.98 Å². The Hall–Kier alpha value is -4.90. The lowest BCUT2D eigenvalue weighted by Crippen LogP contribution is -2.32. The van der Waals surface area contributed by atoms with E-state index in [1.165, 1.54) is 23.5 Å². The zero-order valence-corrected chi connectivity index (χ0v) is 21.0. The molecule has 7 rings (SSSR count). The number of nitrogens with one attached hydrogen (secondary N) is 1. The number of aromatic nitrogens is 8. The number of fused-ring (bicyclic) bond motifs is 5. The second-order valence-electron chi connectivity index (χ2n) is 9.59. The van der Waals surface area contributed by atoms with E-state index >= 15 is 0 Å². The molecule has 2 fully saturated rings. The topological polar surface area (TPSA) is 268 Å². The molecule has 2 bridgehead atoms. The van der Waals surface area contributed by atoms with Gasteiger partial charge in [0, 0.05) is 0 Å². The van der Waals surface area contributed by atoms with Gasteiger partial charge in [0.05, 0.1) is 37.8 Å². The van der Waals surface area contributed by atoms with Crippen molar-refractivity contribution < 1.29 is 19.7 Å². The van der Waals surface area contributed by atoms with E-state index < -0.39 is 54.5 Å². The SMILES string of the molecule is Nc1nc2c(ncn2[C@@H]2O[C@@H]3CN=C=N[C@@H]4C(O)[C@H](n5cnc6c(N)ncnc65)O[C@@H]4CN=C=N[C@H]2C3O)c(=O)[nH]1. The van der Waals surface area contributed by atoms with Gasteiger partial charge in [-0.15, -0.1) is 0 Å². The molecule has 0 spiro atoms. The second kappa shape index (κ2) is 9.63. The van der Waals surface area contributed by atoms with Crippen LogP contribution in [0.4, 0.5) is 11.8 Å². The minimum absolute atomic E-state index is 0.00982. The largest absolute Gasteiger partial charge is 0.388 e. The summed E-state index contributed by atoms with van der Waals surface area (Å²) in [5, 5.41) is 22.1. The average Bonchev–Trinajstić information content (AvgIpc) is 3.70. The first-order valence-corrected chi connectivity index (χ1v) is 12.5. The van der Waals surface area contributed by atoms with Crippen LogP contribution in [0.25, 0.3) is 22.3 Å². The average molecular weight is 563 g/mol. The van der Waals surface area contributed by atoms with Crippen molar-refractivity contribution in [1.29, 1.82) is 0 Å². The number of aliphatic hydroxyl groups is 2. The molecule has 19 nitrogen and oxygen atoms in total. The Morgan fingerprint density at radius 3 is 2.34 bits per heavy atom. The lowest BCUT2D eigenvalue weighted by Gasteiger charge is -2.17. The Bertz CT molecular complexity index is 1830. The Labute approximate surface area is 228 Å². The Morgan fingerprint density at radius 1 is 0.854 bits per heavy atom. The molecule has 3 aliphatic heterocycles. The lowest BCUT2D eigenvalue weighted by atomic mass is 10.1. The number of nitrogen functional groups attached to an aromatic ring is 2. The van der Waals surface area contributed by atoms with Gasteiger partial charge < -0.3 is 31.2 Å². The monoisotopic (exact) mass is 562 g/mol. The highest BCUT2D eigenvalue weighted by molar-refractivity contribution is 5.81. The first-order chi connectivity index (χ1) is 19.9. The molecule has 4 aromatic heterocycles. The highest BCUT2D eigenvalue weighted by Gasteiger charge is 2.47. The van der Waals surface area contributed by atoms with E-state index in [0.717, 1.165) is 0 Å². The maximum Gasteiger partial charge on any atom is 0.280 e. The van der Waals surface area contributed by atoms with Crippen LogP contribution in [0.3, 0.4) is 0 Å². The molecule has 0 aromatic carbocycles. The number of hydrogen-bond acceptors (Lipinski definition) is 16. The number of nitrogens with two attached hydrogens (primary N) is 2. The van der Waals surface area contributed by atoms with Crippen molar-refractivity contribution in [3.8, 4) is 0 Å². The van der Waals surface area contributed by atoms with E-state index in [-0.39, 0.29) is 36.0 Å². The summed E-state index contributed by atoms with van der Waals surface area (Å²) in [6.45, 7) is -0.0247. The van der Waals surface area contributed by atoms with Gasteiger partial charge in [0.15, 0.2) is 35.1 Å². The van der Waals surface area contributed by atoms with Crippen LogP contribution in [-0.2, 0) is 9.47 Å². The first-order valence-electron chi connectivity index (χ1n) is 12.5. The summed E-state index contributed by atoms with van der Waals surface area (Å²) in [4.78, 5) is 52.4. The maximum atomic E-state index is 12.2. The summed E-state index contributed by atoms with van der Waals surface area (Å²) < 4.78 is 15.2. The smallest absolute Gasteiger partial charge is 0.280 e. The summed E-state index contributed by atoms with van der Waals surface area (Å²) in [6, 6.07) is 3.51. The summed E-state index contributed by atoms with van der Waals surface area (Å²) in [5.74, 6) is 0.0944. The molecule has 0 radical (unpaired) electrons. The van der Waals surface area contributed by atoms with Crippen LogP contribution >= 0.6 is 0 Å². The summed E-state index contributed by atoms with van der Waals surface area (Å²) >= 11 is 0. The van der Waals surface area contributed by atoms with Crippen LogP contribution in [0.2, 0.25) is 0 Å². The molecule has 2 saturated heterocycles. The fourth-order valence-electron chi connectivity index (χ4n) is 5.18. The molecule has 0 amide bonds. The highest BCUT2D eigenvalue weighted by atomic mass is 16.5. The lowest BCUT2D eigenvalue weighted by molar-refractivity contribution is -0.0320. The third-order valence-corrected chi connectivity index (χ3v) is 7.16. The highest BCUT2D eigenvalue weighted by Crippen LogP contribution is 2.35. The fourth-order valence-corrected chi connectivity index (χ4v) is 5.18. The number of anilines is 2. The van der Waals surface area contributed by atoms with Crippen LogP contribution in [0.1, 0.15) is 12.5 Å². The molecule has 0 saturated carbocycles. The minimum atomic E-state index is -1.13. The number of aliphatic imine (C=N–C) groups is 4. The van der Waals surface area contributed by atoms with Gasteiger partial charge in [-0.05, 0) is 0 Å². The standard InChI is InChI=1S/C22H22N14O5/c23-16-12-17(30-5-29-16)35(6-31-12)21-15(38)10-8(40-21)1-25-4-28-11-14(37)9(2-26-3-27-10)41-20(11)36-7-32-13-18(36)33-22(24)34-19(13)39/h5-11,14-15,20-21,37-38H,1-2H2,(H2,23,29,30)(H3,24,33,34,39)/t8-,9-,10+,11+,14?,15?,20-,21-/m1/s1. The normalized spacial score (nSPS) is 31.4. The molecule has 210 valence electrons. The van der Waals surface area contributed by atoms with Gasteiger partial charge in [-0.1, -0.05) is 0 Å². The molecule has 4 aromatic rings. The van der Waals surface area contributed by atoms with Crippen molar-refractivity contribution in [3.63, 3.8) is 0 Å². The predicted molar refractivity (Wildman–Crippen MR) is 139 cm³/mol. The third-order valence-electron chi connectivity index (χ3n) is 7.16. The molecular weight excluding hydrogens is 540 g/mol. The van der Waals surface area contributed by atoms with Crippen molar-refractivity contribution in [2.24, 2.45) is 20.0 Å². The van der Waals surface area contributed by atoms with Crippen LogP contribution in [0, 0.1) is 0 Å². The van der Waals surface area contributed by atoms with Crippen molar-refractivity contribution >= 4 is 46.1 Å². The fraction of sp³-hybridized carbons (Fsp3) is 0.455. The third kappa shape index (κ3) is 4.08. The van der Waals surface area contributed by atoms with Gasteiger partial charge in [0.1, 0.15) is 48.3 Å². The number of nitrogens with zero attached hydrogens (tertiary/aromatic N) is 11. The Balaban J connectivity index is 1.21. The molecule has 41 heavy (non-hydrogen) atoms. The number of imidazole rings is 2. The minimum Gasteiger partial charge on any atom is -0.388 e.